The van der Waals surface area contributed by atoms with Gasteiger partial charge in [0.05, 0.1) is 13.2 Å². The molecular formula is C22H29N3O2. The van der Waals surface area contributed by atoms with E-state index in [1.165, 1.54) is 0 Å². The summed E-state index contributed by atoms with van der Waals surface area (Å²) in [5, 5.41) is 0. The SMILES string of the molecule is CCN1CCOC[C@]2(CCCN(C(=O)c3ccc(-n4cccc4)cc3)C2)C1. The summed E-state index contributed by atoms with van der Waals surface area (Å²) < 4.78 is 7.98. The number of likely N-dealkylation sites (N-methyl/N-ethyl adjacent to an activating group) is 1. The molecule has 27 heavy (non-hydrogen) atoms. The molecule has 5 nitrogen and oxygen atoms in total. The van der Waals surface area contributed by atoms with Crippen molar-refractivity contribution < 1.29 is 9.53 Å². The molecule has 1 spiro atoms. The minimum absolute atomic E-state index is 0.0749. The van der Waals surface area contributed by atoms with Crippen molar-refractivity contribution in [2.24, 2.45) is 5.41 Å². The minimum atomic E-state index is 0.0749. The zero-order valence-corrected chi connectivity index (χ0v) is 16.1. The molecule has 2 aliphatic heterocycles. The van der Waals surface area contributed by atoms with Crippen LogP contribution in [0.3, 0.4) is 0 Å². The molecule has 1 atom stereocenters. The Morgan fingerprint density at radius 2 is 1.89 bits per heavy atom. The second-order valence-corrected chi connectivity index (χ2v) is 7.89. The summed E-state index contributed by atoms with van der Waals surface area (Å²) >= 11 is 0. The molecule has 2 fully saturated rings. The van der Waals surface area contributed by atoms with Crippen LogP contribution in [0.25, 0.3) is 5.69 Å². The Hall–Kier alpha value is -2.11. The first-order valence-electron chi connectivity index (χ1n) is 10.0. The maximum absolute atomic E-state index is 13.1. The molecule has 2 saturated heterocycles. The van der Waals surface area contributed by atoms with E-state index < -0.39 is 0 Å². The zero-order chi connectivity index (χ0) is 18.7. The third-order valence-electron chi connectivity index (χ3n) is 5.93. The Morgan fingerprint density at radius 1 is 1.11 bits per heavy atom. The summed E-state index contributed by atoms with van der Waals surface area (Å²) in [6, 6.07) is 11.9. The fourth-order valence-electron chi connectivity index (χ4n) is 4.44. The lowest BCUT2D eigenvalue weighted by Crippen LogP contribution is -2.52. The molecule has 0 unspecified atom stereocenters. The largest absolute Gasteiger partial charge is 0.379 e. The summed E-state index contributed by atoms with van der Waals surface area (Å²) in [4.78, 5) is 17.6. The van der Waals surface area contributed by atoms with E-state index in [0.29, 0.717) is 0 Å². The molecular weight excluding hydrogens is 338 g/mol. The quantitative estimate of drug-likeness (QED) is 0.837. The minimum Gasteiger partial charge on any atom is -0.379 e. The number of aromatic nitrogens is 1. The third-order valence-corrected chi connectivity index (χ3v) is 5.93. The van der Waals surface area contributed by atoms with Crippen molar-refractivity contribution in [3.63, 3.8) is 0 Å². The number of carbonyl (C=O) groups is 1. The first-order valence-corrected chi connectivity index (χ1v) is 10.0. The van der Waals surface area contributed by atoms with Gasteiger partial charge >= 0.3 is 0 Å². The molecule has 5 heteroatoms. The highest BCUT2D eigenvalue weighted by molar-refractivity contribution is 5.94. The summed E-state index contributed by atoms with van der Waals surface area (Å²) in [6.45, 7) is 8.46. The Labute approximate surface area is 161 Å². The molecule has 0 N–H and O–H groups in total. The number of carbonyl (C=O) groups excluding carboxylic acids is 1. The monoisotopic (exact) mass is 367 g/mol. The predicted molar refractivity (Wildman–Crippen MR) is 106 cm³/mol. The van der Waals surface area contributed by atoms with Gasteiger partial charge in [-0.3, -0.25) is 4.79 Å². The third kappa shape index (κ3) is 3.94. The van der Waals surface area contributed by atoms with Crippen molar-refractivity contribution in [1.82, 2.24) is 14.4 Å². The van der Waals surface area contributed by atoms with Crippen molar-refractivity contribution in [3.8, 4) is 5.69 Å². The number of hydrogen-bond donors (Lipinski definition) is 0. The van der Waals surface area contributed by atoms with Crippen LogP contribution in [-0.4, -0.2) is 66.2 Å². The highest BCUT2D eigenvalue weighted by Crippen LogP contribution is 2.33. The molecule has 0 saturated carbocycles. The number of piperidine rings is 1. The van der Waals surface area contributed by atoms with Gasteiger partial charge in [0, 0.05) is 55.2 Å². The van der Waals surface area contributed by atoms with E-state index in [1.807, 2.05) is 58.3 Å². The molecule has 1 amide bonds. The summed E-state index contributed by atoms with van der Waals surface area (Å²) in [7, 11) is 0. The van der Waals surface area contributed by atoms with E-state index in [0.717, 1.165) is 70.0 Å². The lowest BCUT2D eigenvalue weighted by Gasteiger charge is -2.43. The van der Waals surface area contributed by atoms with Gasteiger partial charge in [0.25, 0.3) is 5.91 Å². The topological polar surface area (TPSA) is 37.7 Å². The van der Waals surface area contributed by atoms with Crippen molar-refractivity contribution in [1.29, 1.82) is 0 Å². The van der Waals surface area contributed by atoms with Crippen LogP contribution in [0.4, 0.5) is 0 Å². The summed E-state index contributed by atoms with van der Waals surface area (Å²) in [6.07, 6.45) is 6.21. The Morgan fingerprint density at radius 3 is 2.63 bits per heavy atom. The first-order chi connectivity index (χ1) is 13.2. The van der Waals surface area contributed by atoms with Crippen LogP contribution in [-0.2, 0) is 4.74 Å². The Bertz CT molecular complexity index is 756. The number of amides is 1. The van der Waals surface area contributed by atoms with Gasteiger partial charge in [0.2, 0.25) is 0 Å². The molecule has 0 aliphatic carbocycles. The second kappa shape index (κ2) is 7.87. The number of nitrogens with zero attached hydrogens (tertiary/aromatic N) is 3. The van der Waals surface area contributed by atoms with Crippen LogP contribution in [0.2, 0.25) is 0 Å². The van der Waals surface area contributed by atoms with Crippen molar-refractivity contribution in [2.45, 2.75) is 19.8 Å². The summed E-state index contributed by atoms with van der Waals surface area (Å²) in [5.41, 5.74) is 1.91. The van der Waals surface area contributed by atoms with E-state index in [2.05, 4.69) is 11.8 Å². The lowest BCUT2D eigenvalue weighted by atomic mass is 9.80. The molecule has 0 bridgehead atoms. The normalized spacial score (nSPS) is 24.1. The highest BCUT2D eigenvalue weighted by atomic mass is 16.5. The van der Waals surface area contributed by atoms with Crippen LogP contribution in [0.15, 0.2) is 48.8 Å². The van der Waals surface area contributed by atoms with Gasteiger partial charge in [-0.15, -0.1) is 0 Å². The number of hydrogen-bond acceptors (Lipinski definition) is 3. The molecule has 3 heterocycles. The number of rotatable bonds is 3. The average Bonchev–Trinajstić information content (AvgIpc) is 3.18. The molecule has 4 rings (SSSR count). The van der Waals surface area contributed by atoms with Gasteiger partial charge in [-0.2, -0.15) is 0 Å². The van der Waals surface area contributed by atoms with E-state index in [9.17, 15) is 4.79 Å². The first kappa shape index (κ1) is 18.3. The molecule has 144 valence electrons. The van der Waals surface area contributed by atoms with Crippen LogP contribution >= 0.6 is 0 Å². The summed E-state index contributed by atoms with van der Waals surface area (Å²) in [5.74, 6) is 0.139. The highest BCUT2D eigenvalue weighted by Gasteiger charge is 2.40. The number of benzene rings is 1. The van der Waals surface area contributed by atoms with Crippen LogP contribution in [0, 0.1) is 5.41 Å². The zero-order valence-electron chi connectivity index (χ0n) is 16.1. The fourth-order valence-corrected chi connectivity index (χ4v) is 4.44. The van der Waals surface area contributed by atoms with Gasteiger partial charge in [-0.05, 0) is 55.8 Å². The predicted octanol–water partition coefficient (Wildman–Crippen LogP) is 3.05. The maximum Gasteiger partial charge on any atom is 0.253 e. The van der Waals surface area contributed by atoms with Gasteiger partial charge in [-0.25, -0.2) is 0 Å². The lowest BCUT2D eigenvalue weighted by molar-refractivity contribution is 0.00767. The average molecular weight is 367 g/mol. The number of likely N-dealkylation sites (tertiary alicyclic amines) is 1. The van der Waals surface area contributed by atoms with Gasteiger partial charge in [0.15, 0.2) is 0 Å². The Balaban J connectivity index is 1.48. The van der Waals surface area contributed by atoms with E-state index in [4.69, 9.17) is 4.74 Å². The van der Waals surface area contributed by atoms with E-state index >= 15 is 0 Å². The van der Waals surface area contributed by atoms with Gasteiger partial charge in [0.1, 0.15) is 0 Å². The van der Waals surface area contributed by atoms with Crippen LogP contribution in [0.5, 0.6) is 0 Å². The van der Waals surface area contributed by atoms with E-state index in [-0.39, 0.29) is 11.3 Å². The number of ether oxygens (including phenoxy) is 1. The smallest absolute Gasteiger partial charge is 0.253 e. The molecule has 1 aromatic carbocycles. The van der Waals surface area contributed by atoms with Gasteiger partial charge in [-0.1, -0.05) is 6.92 Å². The standard InChI is InChI=1S/C22H29N3O2/c1-2-23-14-15-27-18-22(16-23)10-5-13-25(17-22)21(26)19-6-8-20(9-7-19)24-11-3-4-12-24/h3-4,6-9,11-12H,2,5,10,13-18H2,1H3/t22-/m1/s1. The molecule has 2 aromatic rings. The molecule has 1 aromatic heterocycles. The fraction of sp³-hybridized carbons (Fsp3) is 0.500. The van der Waals surface area contributed by atoms with Crippen molar-refractivity contribution in [3.05, 3.63) is 54.4 Å². The van der Waals surface area contributed by atoms with Crippen LogP contribution < -0.4 is 0 Å². The van der Waals surface area contributed by atoms with Crippen molar-refractivity contribution in [2.75, 3.05) is 45.9 Å². The van der Waals surface area contributed by atoms with Gasteiger partial charge < -0.3 is 19.1 Å². The maximum atomic E-state index is 13.1. The Kier molecular flexibility index (Phi) is 5.32. The molecule has 0 radical (unpaired) electrons. The van der Waals surface area contributed by atoms with E-state index in [1.54, 1.807) is 0 Å². The molecule has 2 aliphatic rings. The van der Waals surface area contributed by atoms with Crippen molar-refractivity contribution >= 4 is 5.91 Å². The second-order valence-electron chi connectivity index (χ2n) is 7.89. The van der Waals surface area contributed by atoms with Crippen LogP contribution in [0.1, 0.15) is 30.1 Å².